The minimum Gasteiger partial charge on any atom is -0.368 e. The number of aromatic nitrogens is 2. The van der Waals surface area contributed by atoms with Gasteiger partial charge in [-0.15, -0.1) is 0 Å². The van der Waals surface area contributed by atoms with E-state index in [9.17, 15) is 27.6 Å². The lowest BCUT2D eigenvalue weighted by molar-refractivity contribution is -0.141. The summed E-state index contributed by atoms with van der Waals surface area (Å²) in [6.07, 6.45) is -3.41. The fourth-order valence-electron chi connectivity index (χ4n) is 4.35. The zero-order valence-electron chi connectivity index (χ0n) is 21.7. The van der Waals surface area contributed by atoms with Gasteiger partial charge in [0.05, 0.1) is 29.6 Å². The number of halogens is 4. The lowest BCUT2D eigenvalue weighted by Crippen LogP contribution is -2.18. The van der Waals surface area contributed by atoms with E-state index in [-0.39, 0.29) is 17.9 Å². The van der Waals surface area contributed by atoms with Crippen molar-refractivity contribution in [3.05, 3.63) is 112 Å². The second-order valence-corrected chi connectivity index (χ2v) is 9.79. The third-order valence-electron chi connectivity index (χ3n) is 6.68. The highest BCUT2D eigenvalue weighted by Gasteiger charge is 2.36. The van der Waals surface area contributed by atoms with Gasteiger partial charge in [-0.1, -0.05) is 30.3 Å². The van der Waals surface area contributed by atoms with Crippen LogP contribution in [0, 0.1) is 23.1 Å². The average Bonchev–Trinajstić information content (AvgIpc) is 3.68. The van der Waals surface area contributed by atoms with Crippen LogP contribution in [-0.4, -0.2) is 22.3 Å². The molecular formula is C30H25F4N5O2. The second kappa shape index (κ2) is 11.5. The molecule has 5 rings (SSSR count). The molecule has 0 saturated heterocycles. The molecule has 1 aliphatic carbocycles. The molecule has 1 fully saturated rings. The van der Waals surface area contributed by atoms with E-state index in [0.717, 1.165) is 23.6 Å². The Labute approximate surface area is 233 Å². The Bertz CT molecular complexity index is 1620. The number of hydrogen-bond acceptors (Lipinski definition) is 5. The third-order valence-corrected chi connectivity index (χ3v) is 6.68. The van der Waals surface area contributed by atoms with Crippen molar-refractivity contribution in [3.8, 4) is 11.8 Å². The van der Waals surface area contributed by atoms with Crippen LogP contribution in [0.5, 0.6) is 0 Å². The van der Waals surface area contributed by atoms with Gasteiger partial charge in [-0.05, 0) is 71.8 Å². The van der Waals surface area contributed by atoms with E-state index in [1.165, 1.54) is 24.3 Å². The predicted octanol–water partition coefficient (Wildman–Crippen LogP) is 6.13. The maximum Gasteiger partial charge on any atom is 0.435 e. The fourth-order valence-corrected chi connectivity index (χ4v) is 4.35. The molecule has 1 amide bonds. The van der Waals surface area contributed by atoms with Crippen molar-refractivity contribution in [3.63, 3.8) is 0 Å². The standard InChI is InChI=1S/C30H25F4N5O2/c31-24-10-9-22(28(41-17-18-7-8-18)21-5-1-3-19(11-21)15-35)13-25(24)37-29(40)26-14-27(30(32,33)34)38-39(26)23-6-2-4-20(12-23)16-36/h1-6,9-14,18,28H,7-8,16-17,36H2,(H,37,40). The Morgan fingerprint density at radius 2 is 1.85 bits per heavy atom. The molecule has 0 spiro atoms. The summed E-state index contributed by atoms with van der Waals surface area (Å²) in [6.45, 7) is 0.587. The maximum atomic E-state index is 15.0. The summed E-state index contributed by atoms with van der Waals surface area (Å²) in [7, 11) is 0. The first kappa shape index (κ1) is 28.0. The van der Waals surface area contributed by atoms with Gasteiger partial charge in [0.1, 0.15) is 17.6 Å². The number of nitrogens with zero attached hydrogens (tertiary/aromatic N) is 3. The van der Waals surface area contributed by atoms with Crippen LogP contribution in [0.15, 0.2) is 72.8 Å². The molecule has 1 heterocycles. The maximum absolute atomic E-state index is 15.0. The van der Waals surface area contributed by atoms with E-state index in [0.29, 0.717) is 40.8 Å². The van der Waals surface area contributed by atoms with Crippen molar-refractivity contribution in [2.45, 2.75) is 31.7 Å². The summed E-state index contributed by atoms with van der Waals surface area (Å²) in [6, 6.07) is 19.8. The summed E-state index contributed by atoms with van der Waals surface area (Å²) < 4.78 is 62.7. The van der Waals surface area contributed by atoms with Gasteiger partial charge in [0.15, 0.2) is 5.69 Å². The average molecular weight is 564 g/mol. The van der Waals surface area contributed by atoms with E-state index in [4.69, 9.17) is 10.5 Å². The molecule has 1 saturated carbocycles. The van der Waals surface area contributed by atoms with Gasteiger partial charge in [-0.2, -0.15) is 23.5 Å². The number of nitriles is 1. The highest BCUT2D eigenvalue weighted by atomic mass is 19.4. The number of carbonyl (C=O) groups is 1. The lowest BCUT2D eigenvalue weighted by Gasteiger charge is -2.20. The fraction of sp³-hybridized carbons (Fsp3) is 0.233. The largest absolute Gasteiger partial charge is 0.435 e. The molecule has 3 aromatic carbocycles. The topological polar surface area (TPSA) is 106 Å². The lowest BCUT2D eigenvalue weighted by atomic mass is 9.99. The summed E-state index contributed by atoms with van der Waals surface area (Å²) in [5, 5.41) is 15.4. The number of amides is 1. The third kappa shape index (κ3) is 6.45. The Morgan fingerprint density at radius 3 is 2.56 bits per heavy atom. The van der Waals surface area contributed by atoms with Gasteiger partial charge < -0.3 is 15.8 Å². The Hall–Kier alpha value is -4.53. The second-order valence-electron chi connectivity index (χ2n) is 9.79. The van der Waals surface area contributed by atoms with Gasteiger partial charge >= 0.3 is 6.18 Å². The van der Waals surface area contributed by atoms with Crippen LogP contribution in [0.25, 0.3) is 5.69 Å². The quantitative estimate of drug-likeness (QED) is 0.239. The van der Waals surface area contributed by atoms with Gasteiger partial charge in [-0.25, -0.2) is 9.07 Å². The molecule has 7 nitrogen and oxygen atoms in total. The number of carbonyl (C=O) groups excluding carboxylic acids is 1. The number of benzene rings is 3. The zero-order valence-corrected chi connectivity index (χ0v) is 21.7. The zero-order chi connectivity index (χ0) is 29.1. The molecule has 210 valence electrons. The van der Waals surface area contributed by atoms with E-state index >= 15 is 0 Å². The summed E-state index contributed by atoms with van der Waals surface area (Å²) in [5.41, 5.74) is 6.09. The number of nitrogens with two attached hydrogens (primary N) is 1. The molecule has 0 radical (unpaired) electrons. The monoisotopic (exact) mass is 563 g/mol. The van der Waals surface area contributed by atoms with Crippen molar-refractivity contribution in [1.29, 1.82) is 5.26 Å². The molecule has 11 heteroatoms. The number of ether oxygens (including phenoxy) is 1. The van der Waals surface area contributed by atoms with Crippen LogP contribution in [0.4, 0.5) is 23.2 Å². The smallest absolute Gasteiger partial charge is 0.368 e. The van der Waals surface area contributed by atoms with Crippen LogP contribution in [-0.2, 0) is 17.5 Å². The first-order valence-corrected chi connectivity index (χ1v) is 12.9. The van der Waals surface area contributed by atoms with Crippen molar-refractivity contribution >= 4 is 11.6 Å². The van der Waals surface area contributed by atoms with E-state index in [1.54, 1.807) is 36.4 Å². The molecule has 1 aliphatic rings. The Morgan fingerprint density at radius 1 is 1.10 bits per heavy atom. The molecule has 0 bridgehead atoms. The summed E-state index contributed by atoms with van der Waals surface area (Å²) in [4.78, 5) is 13.3. The minimum absolute atomic E-state index is 0.127. The van der Waals surface area contributed by atoms with E-state index < -0.39 is 35.4 Å². The minimum atomic E-state index is -4.82. The number of anilines is 1. The van der Waals surface area contributed by atoms with Crippen molar-refractivity contribution in [1.82, 2.24) is 9.78 Å². The van der Waals surface area contributed by atoms with Crippen LogP contribution in [0.3, 0.4) is 0 Å². The van der Waals surface area contributed by atoms with Gasteiger partial charge in [0.25, 0.3) is 5.91 Å². The van der Waals surface area contributed by atoms with Crippen molar-refractivity contribution < 1.29 is 27.1 Å². The van der Waals surface area contributed by atoms with Crippen LogP contribution in [0.2, 0.25) is 0 Å². The van der Waals surface area contributed by atoms with Gasteiger partial charge in [-0.3, -0.25) is 4.79 Å². The van der Waals surface area contributed by atoms with Crippen LogP contribution in [0.1, 0.15) is 57.4 Å². The summed E-state index contributed by atoms with van der Waals surface area (Å²) in [5.74, 6) is -1.37. The summed E-state index contributed by atoms with van der Waals surface area (Å²) >= 11 is 0. The van der Waals surface area contributed by atoms with Gasteiger partial charge in [0, 0.05) is 12.6 Å². The van der Waals surface area contributed by atoms with E-state index in [2.05, 4.69) is 16.5 Å². The molecular weight excluding hydrogens is 538 g/mol. The Kier molecular flexibility index (Phi) is 7.88. The molecule has 1 atom stereocenters. The molecule has 41 heavy (non-hydrogen) atoms. The SMILES string of the molecule is N#Cc1cccc(C(OCC2CC2)c2ccc(F)c(NC(=O)c3cc(C(F)(F)F)nn3-c3cccc(CN)c3)c2)c1. The number of hydrogen-bond donors (Lipinski definition) is 2. The predicted molar refractivity (Wildman–Crippen MR) is 142 cm³/mol. The molecule has 1 aromatic heterocycles. The molecule has 1 unspecified atom stereocenters. The molecule has 4 aromatic rings. The van der Waals surface area contributed by atoms with Crippen LogP contribution >= 0.6 is 0 Å². The van der Waals surface area contributed by atoms with Crippen molar-refractivity contribution in [2.24, 2.45) is 11.7 Å². The van der Waals surface area contributed by atoms with E-state index in [1.807, 2.05) is 0 Å². The number of rotatable bonds is 9. The first-order chi connectivity index (χ1) is 19.7. The highest BCUT2D eigenvalue weighted by Crippen LogP contribution is 2.35. The normalized spacial score (nSPS) is 14.0. The number of nitrogens with one attached hydrogen (secondary N) is 1. The molecule has 3 N–H and O–H groups in total. The Balaban J connectivity index is 1.49. The first-order valence-electron chi connectivity index (χ1n) is 12.9. The number of alkyl halides is 3. The highest BCUT2D eigenvalue weighted by molar-refractivity contribution is 6.03. The van der Waals surface area contributed by atoms with Gasteiger partial charge in [0.2, 0.25) is 0 Å². The molecule has 0 aliphatic heterocycles. The van der Waals surface area contributed by atoms with Crippen LogP contribution < -0.4 is 11.1 Å². The van der Waals surface area contributed by atoms with Crippen molar-refractivity contribution in [2.75, 3.05) is 11.9 Å².